The van der Waals surface area contributed by atoms with E-state index in [2.05, 4.69) is 35.0 Å². The van der Waals surface area contributed by atoms with Gasteiger partial charge in [-0.15, -0.1) is 0 Å². The van der Waals surface area contributed by atoms with Crippen molar-refractivity contribution >= 4 is 16.7 Å². The fraction of sp³-hybridized carbons (Fsp3) is 0.800. The molecule has 0 bridgehead atoms. The van der Waals surface area contributed by atoms with E-state index >= 15 is 0 Å². The van der Waals surface area contributed by atoms with Crippen molar-refractivity contribution < 1.29 is 0 Å². The fourth-order valence-corrected chi connectivity index (χ4v) is 2.53. The standard InChI is InChI=1S/C10H18N4S/c1-10(2,3)8-12-9(15-13-8)14-5-4-7(14)6-11/h7H,4-6,11H2,1-3H3. The smallest absolute Gasteiger partial charge is 0.205 e. The molecule has 0 aromatic carbocycles. The highest BCUT2D eigenvalue weighted by Gasteiger charge is 2.30. The van der Waals surface area contributed by atoms with Gasteiger partial charge in [-0.25, -0.2) is 4.98 Å². The number of rotatable bonds is 2. The largest absolute Gasteiger partial charge is 0.342 e. The van der Waals surface area contributed by atoms with Crippen molar-refractivity contribution in [2.75, 3.05) is 18.0 Å². The molecule has 1 saturated heterocycles. The highest BCUT2D eigenvalue weighted by molar-refractivity contribution is 7.09. The van der Waals surface area contributed by atoms with Crippen molar-refractivity contribution in [3.8, 4) is 0 Å². The number of hydrogen-bond donors (Lipinski definition) is 1. The van der Waals surface area contributed by atoms with Crippen molar-refractivity contribution in [2.24, 2.45) is 5.73 Å². The summed E-state index contributed by atoms with van der Waals surface area (Å²) in [4.78, 5) is 6.84. The van der Waals surface area contributed by atoms with Gasteiger partial charge in [-0.1, -0.05) is 20.8 Å². The second-order valence-electron chi connectivity index (χ2n) is 5.02. The van der Waals surface area contributed by atoms with Crippen LogP contribution in [0.1, 0.15) is 33.0 Å². The molecule has 1 unspecified atom stereocenters. The number of hydrogen-bond acceptors (Lipinski definition) is 5. The third-order valence-corrected chi connectivity index (χ3v) is 3.50. The first-order valence-corrected chi connectivity index (χ1v) is 6.10. The van der Waals surface area contributed by atoms with Crippen LogP contribution in [-0.2, 0) is 5.41 Å². The maximum Gasteiger partial charge on any atom is 0.205 e. The van der Waals surface area contributed by atoms with Gasteiger partial charge >= 0.3 is 0 Å². The number of nitrogens with zero attached hydrogens (tertiary/aromatic N) is 3. The van der Waals surface area contributed by atoms with Crippen LogP contribution < -0.4 is 10.6 Å². The Morgan fingerprint density at radius 3 is 2.67 bits per heavy atom. The molecule has 84 valence electrons. The van der Waals surface area contributed by atoms with Crippen LogP contribution in [0.5, 0.6) is 0 Å². The van der Waals surface area contributed by atoms with Crippen LogP contribution >= 0.6 is 11.5 Å². The average molecular weight is 226 g/mol. The zero-order valence-electron chi connectivity index (χ0n) is 9.53. The first-order valence-electron chi connectivity index (χ1n) is 5.33. The molecule has 1 aromatic rings. The lowest BCUT2D eigenvalue weighted by atomic mass is 9.96. The molecule has 0 saturated carbocycles. The quantitative estimate of drug-likeness (QED) is 0.827. The van der Waals surface area contributed by atoms with E-state index in [0.29, 0.717) is 12.6 Å². The minimum atomic E-state index is 0.0395. The lowest BCUT2D eigenvalue weighted by molar-refractivity contribution is 0.453. The van der Waals surface area contributed by atoms with E-state index in [1.807, 2.05) is 0 Å². The Labute approximate surface area is 94.7 Å². The molecule has 2 heterocycles. The summed E-state index contributed by atoms with van der Waals surface area (Å²) < 4.78 is 4.41. The van der Waals surface area contributed by atoms with Gasteiger partial charge in [-0.3, -0.25) is 0 Å². The molecule has 15 heavy (non-hydrogen) atoms. The average Bonchev–Trinajstić information content (AvgIpc) is 2.51. The number of anilines is 1. The molecule has 2 N–H and O–H groups in total. The molecular formula is C10H18N4S. The molecule has 0 aliphatic carbocycles. The molecule has 4 nitrogen and oxygen atoms in total. The van der Waals surface area contributed by atoms with Crippen molar-refractivity contribution in [1.29, 1.82) is 0 Å². The van der Waals surface area contributed by atoms with Crippen LogP contribution in [0.3, 0.4) is 0 Å². The molecule has 1 aliphatic heterocycles. The Kier molecular flexibility index (Phi) is 2.68. The third-order valence-electron chi connectivity index (χ3n) is 2.75. The zero-order chi connectivity index (χ0) is 11.1. The molecule has 1 fully saturated rings. The van der Waals surface area contributed by atoms with Crippen LogP contribution in [0.2, 0.25) is 0 Å². The van der Waals surface area contributed by atoms with Crippen molar-refractivity contribution in [2.45, 2.75) is 38.6 Å². The fourth-order valence-electron chi connectivity index (χ4n) is 1.57. The lowest BCUT2D eigenvalue weighted by Gasteiger charge is -2.39. The minimum Gasteiger partial charge on any atom is -0.342 e. The van der Waals surface area contributed by atoms with E-state index < -0.39 is 0 Å². The van der Waals surface area contributed by atoms with Gasteiger partial charge in [0.2, 0.25) is 5.13 Å². The first kappa shape index (κ1) is 10.8. The molecule has 1 aromatic heterocycles. The van der Waals surface area contributed by atoms with Gasteiger partial charge in [0, 0.05) is 36.1 Å². The monoisotopic (exact) mass is 226 g/mol. The molecule has 0 amide bonds. The molecule has 0 radical (unpaired) electrons. The zero-order valence-corrected chi connectivity index (χ0v) is 10.3. The Hall–Kier alpha value is -0.680. The van der Waals surface area contributed by atoms with Crippen molar-refractivity contribution in [1.82, 2.24) is 9.36 Å². The maximum atomic E-state index is 5.67. The maximum absolute atomic E-state index is 5.67. The van der Waals surface area contributed by atoms with Crippen LogP contribution in [0.4, 0.5) is 5.13 Å². The summed E-state index contributed by atoms with van der Waals surface area (Å²) in [7, 11) is 0. The topological polar surface area (TPSA) is 55.0 Å². The van der Waals surface area contributed by atoms with E-state index in [1.165, 1.54) is 18.0 Å². The van der Waals surface area contributed by atoms with E-state index in [1.54, 1.807) is 0 Å². The SMILES string of the molecule is CC(C)(C)c1nsc(N2CCC2CN)n1. The third kappa shape index (κ3) is 1.99. The molecule has 1 atom stereocenters. The highest BCUT2D eigenvalue weighted by Crippen LogP contribution is 2.30. The van der Waals surface area contributed by atoms with E-state index in [9.17, 15) is 0 Å². The van der Waals surface area contributed by atoms with Crippen molar-refractivity contribution in [3.63, 3.8) is 0 Å². The normalized spacial score (nSPS) is 21.6. The molecule has 5 heteroatoms. The lowest BCUT2D eigenvalue weighted by Crippen LogP contribution is -2.51. The second kappa shape index (κ2) is 3.72. The van der Waals surface area contributed by atoms with Crippen molar-refractivity contribution in [3.05, 3.63) is 5.82 Å². The van der Waals surface area contributed by atoms with Gasteiger partial charge in [0.05, 0.1) is 0 Å². The predicted molar refractivity (Wildman–Crippen MR) is 63.4 cm³/mol. The Bertz CT molecular complexity index is 339. The summed E-state index contributed by atoms with van der Waals surface area (Å²) in [6.45, 7) is 8.19. The number of nitrogens with two attached hydrogens (primary N) is 1. The van der Waals surface area contributed by atoms with Gasteiger partial charge in [0.1, 0.15) is 5.82 Å². The van der Waals surface area contributed by atoms with E-state index in [4.69, 9.17) is 5.73 Å². The Morgan fingerprint density at radius 1 is 1.53 bits per heavy atom. The summed E-state index contributed by atoms with van der Waals surface area (Å²) in [5.41, 5.74) is 5.71. The first-order chi connectivity index (χ1) is 7.02. The summed E-state index contributed by atoms with van der Waals surface area (Å²) >= 11 is 1.49. The van der Waals surface area contributed by atoms with Crippen LogP contribution in [0, 0.1) is 0 Å². The van der Waals surface area contributed by atoms with E-state index in [-0.39, 0.29) is 5.41 Å². The molecule has 1 aliphatic rings. The van der Waals surface area contributed by atoms with Gasteiger partial charge < -0.3 is 10.6 Å². The summed E-state index contributed by atoms with van der Waals surface area (Å²) in [5, 5.41) is 1.03. The van der Waals surface area contributed by atoms with Gasteiger partial charge in [0.15, 0.2) is 0 Å². The molecular weight excluding hydrogens is 208 g/mol. The van der Waals surface area contributed by atoms with E-state index in [0.717, 1.165) is 17.5 Å². The Morgan fingerprint density at radius 2 is 2.27 bits per heavy atom. The van der Waals surface area contributed by atoms with Gasteiger partial charge in [0.25, 0.3) is 0 Å². The summed E-state index contributed by atoms with van der Waals surface area (Å²) in [6.07, 6.45) is 1.18. The van der Waals surface area contributed by atoms with Gasteiger partial charge in [-0.05, 0) is 6.42 Å². The minimum absolute atomic E-state index is 0.0395. The number of aromatic nitrogens is 2. The summed E-state index contributed by atoms with van der Waals surface area (Å²) in [6, 6.07) is 0.478. The Balaban J connectivity index is 2.14. The molecule has 0 spiro atoms. The summed E-state index contributed by atoms with van der Waals surface area (Å²) in [5.74, 6) is 0.935. The van der Waals surface area contributed by atoms with Crippen LogP contribution in [0.15, 0.2) is 0 Å². The second-order valence-corrected chi connectivity index (χ2v) is 5.75. The highest BCUT2D eigenvalue weighted by atomic mass is 32.1. The van der Waals surface area contributed by atoms with Crippen LogP contribution in [0.25, 0.3) is 0 Å². The van der Waals surface area contributed by atoms with Gasteiger partial charge in [-0.2, -0.15) is 4.37 Å². The molecule has 2 rings (SSSR count). The predicted octanol–water partition coefficient (Wildman–Crippen LogP) is 1.37. The van der Waals surface area contributed by atoms with Crippen LogP contribution in [-0.4, -0.2) is 28.5 Å².